The van der Waals surface area contributed by atoms with Crippen LogP contribution in [0, 0.1) is 18.8 Å². The number of thiazole rings is 1. The molecular formula is C21H34N6O3S. The van der Waals surface area contributed by atoms with E-state index in [4.69, 9.17) is 0 Å². The van der Waals surface area contributed by atoms with Crippen molar-refractivity contribution in [2.24, 2.45) is 11.8 Å². The molecule has 2 saturated heterocycles. The number of hydrazine groups is 1. The van der Waals surface area contributed by atoms with Crippen LogP contribution in [0.15, 0.2) is 5.38 Å². The highest BCUT2D eigenvalue weighted by Crippen LogP contribution is 2.21. The van der Waals surface area contributed by atoms with Crippen molar-refractivity contribution >= 4 is 29.1 Å². The molecule has 0 radical (unpaired) electrons. The average Bonchev–Trinajstić information content (AvgIpc) is 3.11. The van der Waals surface area contributed by atoms with Gasteiger partial charge in [0.15, 0.2) is 0 Å². The van der Waals surface area contributed by atoms with Crippen LogP contribution in [0.3, 0.4) is 0 Å². The molecule has 3 heterocycles. The summed E-state index contributed by atoms with van der Waals surface area (Å²) in [4.78, 5) is 47.2. The second kappa shape index (κ2) is 11.0. The fourth-order valence-corrected chi connectivity index (χ4v) is 5.08. The van der Waals surface area contributed by atoms with E-state index in [9.17, 15) is 14.4 Å². The fraction of sp³-hybridized carbons (Fsp3) is 0.714. The molecule has 2 aliphatic heterocycles. The van der Waals surface area contributed by atoms with E-state index < -0.39 is 0 Å². The third-order valence-corrected chi connectivity index (χ3v) is 6.70. The van der Waals surface area contributed by atoms with Crippen LogP contribution in [0.2, 0.25) is 0 Å². The van der Waals surface area contributed by atoms with E-state index in [-0.39, 0.29) is 30.7 Å². The molecule has 1 aromatic heterocycles. The number of hydrogen-bond acceptors (Lipinski definition) is 7. The van der Waals surface area contributed by atoms with E-state index in [1.54, 1.807) is 0 Å². The minimum Gasteiger partial charge on any atom is -0.341 e. The van der Waals surface area contributed by atoms with Gasteiger partial charge in [-0.15, -0.1) is 11.3 Å². The van der Waals surface area contributed by atoms with Gasteiger partial charge < -0.3 is 4.90 Å². The van der Waals surface area contributed by atoms with Gasteiger partial charge in [0.2, 0.25) is 11.8 Å². The maximum atomic E-state index is 12.7. The Kier molecular flexibility index (Phi) is 8.39. The molecule has 0 bridgehead atoms. The molecule has 3 rings (SSSR count). The summed E-state index contributed by atoms with van der Waals surface area (Å²) in [7, 11) is 0. The summed E-state index contributed by atoms with van der Waals surface area (Å²) >= 11 is 1.43. The number of nitrogens with zero attached hydrogens (tertiary/aromatic N) is 4. The lowest BCUT2D eigenvalue weighted by Gasteiger charge is -2.38. The van der Waals surface area contributed by atoms with Crippen molar-refractivity contribution in [2.75, 3.05) is 52.4 Å². The minimum absolute atomic E-state index is 0.153. The number of likely N-dealkylation sites (tertiary alicyclic amines) is 1. The van der Waals surface area contributed by atoms with Crippen molar-refractivity contribution in [1.82, 2.24) is 30.5 Å². The first kappa shape index (κ1) is 23.6. The number of amides is 3. The third-order valence-electron chi connectivity index (χ3n) is 5.73. The third kappa shape index (κ3) is 7.55. The topological polar surface area (TPSA) is 97.9 Å². The summed E-state index contributed by atoms with van der Waals surface area (Å²) < 4.78 is 0. The standard InChI is InChI=1S/C21H34N6O3S/c1-15-8-16(2)11-27(10-15)21(30)13-26-6-4-25(5-7-26)12-19(29)24-23-18(28)9-20-22-17(3)14-31-20/h14-16H,4-13H2,1-3H3,(H,23,28)(H,24,29). The Morgan fingerprint density at radius 2 is 1.58 bits per heavy atom. The molecule has 172 valence electrons. The van der Waals surface area contributed by atoms with Crippen LogP contribution in [0.5, 0.6) is 0 Å². The highest BCUT2D eigenvalue weighted by Gasteiger charge is 2.27. The smallest absolute Gasteiger partial charge is 0.252 e. The van der Waals surface area contributed by atoms with Gasteiger partial charge in [0.1, 0.15) is 5.01 Å². The van der Waals surface area contributed by atoms with E-state index in [0.717, 1.165) is 50.0 Å². The Morgan fingerprint density at radius 3 is 2.16 bits per heavy atom. The molecule has 0 spiro atoms. The fourth-order valence-electron chi connectivity index (χ4n) is 4.31. The maximum Gasteiger partial charge on any atom is 0.252 e. The van der Waals surface area contributed by atoms with Crippen LogP contribution in [0.25, 0.3) is 0 Å². The monoisotopic (exact) mass is 450 g/mol. The second-order valence-corrected chi connectivity index (χ2v) is 9.90. The number of rotatable bonds is 6. The van der Waals surface area contributed by atoms with E-state index >= 15 is 0 Å². The molecule has 2 aliphatic rings. The van der Waals surface area contributed by atoms with Crippen LogP contribution in [0.1, 0.15) is 31.0 Å². The predicted octanol–water partition coefficient (Wildman–Crippen LogP) is 0.264. The first-order chi connectivity index (χ1) is 14.8. The zero-order chi connectivity index (χ0) is 22.4. The molecule has 0 saturated carbocycles. The lowest BCUT2D eigenvalue weighted by Crippen LogP contribution is -2.54. The van der Waals surface area contributed by atoms with E-state index in [1.807, 2.05) is 22.1 Å². The normalized spacial score (nSPS) is 22.9. The molecule has 2 N–H and O–H groups in total. The number of aromatic nitrogens is 1. The van der Waals surface area contributed by atoms with E-state index in [2.05, 4.69) is 34.6 Å². The summed E-state index contributed by atoms with van der Waals surface area (Å²) in [6.45, 7) is 11.6. The van der Waals surface area contributed by atoms with Gasteiger partial charge in [-0.1, -0.05) is 13.8 Å². The summed E-state index contributed by atoms with van der Waals surface area (Å²) in [5, 5.41) is 2.62. The number of carbonyl (C=O) groups excluding carboxylic acids is 3. The van der Waals surface area contributed by atoms with Gasteiger partial charge in [-0.05, 0) is 25.2 Å². The molecule has 2 atom stereocenters. The second-order valence-electron chi connectivity index (χ2n) is 8.95. The largest absolute Gasteiger partial charge is 0.341 e. The molecule has 3 amide bonds. The lowest BCUT2D eigenvalue weighted by atomic mass is 9.92. The van der Waals surface area contributed by atoms with Gasteiger partial charge in [0.05, 0.1) is 19.5 Å². The summed E-state index contributed by atoms with van der Waals surface area (Å²) in [5.74, 6) is 0.808. The van der Waals surface area contributed by atoms with Crippen molar-refractivity contribution in [2.45, 2.75) is 33.6 Å². The number of piperazine rings is 1. The first-order valence-electron chi connectivity index (χ1n) is 11.0. The van der Waals surface area contributed by atoms with Gasteiger partial charge in [-0.3, -0.25) is 35.0 Å². The predicted molar refractivity (Wildman–Crippen MR) is 119 cm³/mol. The van der Waals surface area contributed by atoms with Gasteiger partial charge in [0, 0.05) is 50.3 Å². The first-order valence-corrected chi connectivity index (χ1v) is 11.9. The Balaban J connectivity index is 1.31. The Bertz CT molecular complexity index is 767. The number of nitrogens with one attached hydrogen (secondary N) is 2. The Morgan fingerprint density at radius 1 is 1.00 bits per heavy atom. The van der Waals surface area contributed by atoms with Crippen LogP contribution in [-0.4, -0.2) is 89.8 Å². The Hall–Kier alpha value is -2.04. The molecule has 2 fully saturated rings. The number of carbonyl (C=O) groups is 3. The van der Waals surface area contributed by atoms with Crippen molar-refractivity contribution in [3.63, 3.8) is 0 Å². The average molecular weight is 451 g/mol. The molecule has 0 aliphatic carbocycles. The zero-order valence-electron chi connectivity index (χ0n) is 18.7. The Labute approximate surface area is 188 Å². The summed E-state index contributed by atoms with van der Waals surface area (Å²) in [5.41, 5.74) is 5.81. The molecule has 9 nitrogen and oxygen atoms in total. The van der Waals surface area contributed by atoms with Crippen LogP contribution < -0.4 is 10.9 Å². The van der Waals surface area contributed by atoms with E-state index in [1.165, 1.54) is 17.8 Å². The number of piperidine rings is 1. The van der Waals surface area contributed by atoms with Crippen LogP contribution in [0.4, 0.5) is 0 Å². The number of hydrogen-bond donors (Lipinski definition) is 2. The minimum atomic E-state index is -0.285. The van der Waals surface area contributed by atoms with Gasteiger partial charge >= 0.3 is 0 Å². The summed E-state index contributed by atoms with van der Waals surface area (Å²) in [6.07, 6.45) is 1.34. The van der Waals surface area contributed by atoms with Crippen molar-refractivity contribution in [3.05, 3.63) is 16.1 Å². The zero-order valence-corrected chi connectivity index (χ0v) is 19.5. The summed E-state index contributed by atoms with van der Waals surface area (Å²) in [6, 6.07) is 0. The highest BCUT2D eigenvalue weighted by atomic mass is 32.1. The molecule has 2 unspecified atom stereocenters. The molecule has 1 aromatic rings. The lowest BCUT2D eigenvalue weighted by molar-refractivity contribution is -0.136. The number of aryl methyl sites for hydroxylation is 1. The van der Waals surface area contributed by atoms with Crippen LogP contribution in [-0.2, 0) is 20.8 Å². The molecular weight excluding hydrogens is 416 g/mol. The molecule has 31 heavy (non-hydrogen) atoms. The maximum absolute atomic E-state index is 12.7. The van der Waals surface area contributed by atoms with Gasteiger partial charge in [0.25, 0.3) is 5.91 Å². The highest BCUT2D eigenvalue weighted by molar-refractivity contribution is 7.09. The SMILES string of the molecule is Cc1csc(CC(=O)NNC(=O)CN2CCN(CC(=O)N3CC(C)CC(C)C3)CC2)n1. The quantitative estimate of drug-likeness (QED) is 0.604. The van der Waals surface area contributed by atoms with Crippen LogP contribution >= 0.6 is 11.3 Å². The van der Waals surface area contributed by atoms with Gasteiger partial charge in [-0.2, -0.15) is 0 Å². The van der Waals surface area contributed by atoms with Gasteiger partial charge in [-0.25, -0.2) is 4.98 Å². The van der Waals surface area contributed by atoms with Crippen molar-refractivity contribution in [3.8, 4) is 0 Å². The van der Waals surface area contributed by atoms with Crippen molar-refractivity contribution in [1.29, 1.82) is 0 Å². The van der Waals surface area contributed by atoms with E-state index in [0.29, 0.717) is 18.4 Å². The molecule has 10 heteroatoms. The van der Waals surface area contributed by atoms with Crippen molar-refractivity contribution < 1.29 is 14.4 Å². The molecule has 0 aromatic carbocycles.